The number of carbonyl (C=O) groups is 1. The number of methoxy groups -OCH3 is 1. The van der Waals surface area contributed by atoms with E-state index < -0.39 is 0 Å². The molecule has 1 aromatic carbocycles. The van der Waals surface area contributed by atoms with Crippen molar-refractivity contribution in [1.82, 2.24) is 5.32 Å². The Morgan fingerprint density at radius 2 is 2.18 bits per heavy atom. The molecule has 0 aliphatic heterocycles. The molecule has 3 nitrogen and oxygen atoms in total. The summed E-state index contributed by atoms with van der Waals surface area (Å²) in [4.78, 5) is 11.9. The molecule has 0 bridgehead atoms. The van der Waals surface area contributed by atoms with Gasteiger partial charge in [0.2, 0.25) is 0 Å². The number of hydrogen-bond donors (Lipinski definition) is 1. The summed E-state index contributed by atoms with van der Waals surface area (Å²) in [6.07, 6.45) is 1.45. The highest BCUT2D eigenvalue weighted by Gasteiger charge is 2.06. The molecule has 0 aliphatic carbocycles. The Hall–Kier alpha value is -1.35. The largest absolute Gasteiger partial charge is 0.497 e. The zero-order valence-corrected chi connectivity index (χ0v) is 10.8. The van der Waals surface area contributed by atoms with Gasteiger partial charge in [0.15, 0.2) is 5.78 Å². The van der Waals surface area contributed by atoms with E-state index in [0.717, 1.165) is 24.3 Å². The summed E-state index contributed by atoms with van der Waals surface area (Å²) in [7, 11) is 1.61. The molecule has 0 atom stereocenters. The summed E-state index contributed by atoms with van der Waals surface area (Å²) < 4.78 is 5.10. The number of ketones is 1. The number of nitrogens with one attached hydrogen (secondary N) is 1. The van der Waals surface area contributed by atoms with Crippen LogP contribution < -0.4 is 10.1 Å². The molecule has 1 aromatic rings. The smallest absolute Gasteiger partial charge is 0.163 e. The van der Waals surface area contributed by atoms with Crippen molar-refractivity contribution >= 4 is 5.78 Å². The lowest BCUT2D eigenvalue weighted by molar-refractivity contribution is 0.0979. The number of ether oxygens (including phenoxy) is 1. The first kappa shape index (κ1) is 13.7. The molecule has 0 aromatic heterocycles. The second-order valence-electron chi connectivity index (χ2n) is 4.37. The second kappa shape index (κ2) is 7.07. The molecule has 0 heterocycles. The molecular formula is C14H21NO2. The van der Waals surface area contributed by atoms with Crippen LogP contribution in [-0.4, -0.2) is 25.5 Å². The summed E-state index contributed by atoms with van der Waals surface area (Å²) >= 11 is 0. The quantitative estimate of drug-likeness (QED) is 0.583. The summed E-state index contributed by atoms with van der Waals surface area (Å²) in [5.41, 5.74) is 0.730. The van der Waals surface area contributed by atoms with Gasteiger partial charge in [-0.25, -0.2) is 0 Å². The van der Waals surface area contributed by atoms with Gasteiger partial charge in [-0.2, -0.15) is 0 Å². The van der Waals surface area contributed by atoms with Gasteiger partial charge in [0, 0.05) is 18.0 Å². The van der Waals surface area contributed by atoms with Crippen molar-refractivity contribution in [2.45, 2.75) is 32.7 Å². The van der Waals surface area contributed by atoms with Crippen LogP contribution in [0.2, 0.25) is 0 Å². The molecule has 0 saturated carbocycles. The third-order valence-corrected chi connectivity index (χ3v) is 2.52. The Morgan fingerprint density at radius 1 is 1.41 bits per heavy atom. The van der Waals surface area contributed by atoms with Crippen molar-refractivity contribution < 1.29 is 9.53 Å². The van der Waals surface area contributed by atoms with Crippen molar-refractivity contribution in [3.05, 3.63) is 29.8 Å². The van der Waals surface area contributed by atoms with Crippen LogP contribution in [0.4, 0.5) is 0 Å². The van der Waals surface area contributed by atoms with Gasteiger partial charge in [0.05, 0.1) is 7.11 Å². The number of carbonyl (C=O) groups excluding carboxylic acids is 1. The summed E-state index contributed by atoms with van der Waals surface area (Å²) in [5.74, 6) is 0.908. The maximum absolute atomic E-state index is 11.9. The Balaban J connectivity index is 2.41. The molecule has 0 amide bonds. The van der Waals surface area contributed by atoms with Crippen molar-refractivity contribution in [3.63, 3.8) is 0 Å². The van der Waals surface area contributed by atoms with E-state index in [0.29, 0.717) is 12.5 Å². The minimum atomic E-state index is 0.175. The fourth-order valence-electron chi connectivity index (χ4n) is 1.58. The van der Waals surface area contributed by atoms with Gasteiger partial charge in [-0.05, 0) is 25.1 Å². The number of benzene rings is 1. The molecule has 0 saturated heterocycles. The average molecular weight is 235 g/mol. The predicted molar refractivity (Wildman–Crippen MR) is 69.7 cm³/mol. The van der Waals surface area contributed by atoms with E-state index >= 15 is 0 Å². The Morgan fingerprint density at radius 3 is 2.82 bits per heavy atom. The molecule has 0 radical (unpaired) electrons. The van der Waals surface area contributed by atoms with E-state index in [1.54, 1.807) is 13.2 Å². The molecule has 1 rings (SSSR count). The average Bonchev–Trinajstić information content (AvgIpc) is 2.34. The van der Waals surface area contributed by atoms with Gasteiger partial charge in [0.25, 0.3) is 0 Å². The van der Waals surface area contributed by atoms with Crippen molar-refractivity contribution in [2.24, 2.45) is 0 Å². The van der Waals surface area contributed by atoms with Crippen molar-refractivity contribution in [2.75, 3.05) is 13.7 Å². The summed E-state index contributed by atoms with van der Waals surface area (Å²) in [6, 6.07) is 7.79. The number of Topliss-reactive ketones (excluding diaryl/α,β-unsaturated/α-hetero) is 1. The Kier molecular flexibility index (Phi) is 5.70. The Bertz CT molecular complexity index is 361. The molecule has 94 valence electrons. The first-order chi connectivity index (χ1) is 8.13. The predicted octanol–water partition coefficient (Wildman–Crippen LogP) is 2.66. The molecule has 0 fully saturated rings. The highest BCUT2D eigenvalue weighted by molar-refractivity contribution is 5.96. The normalized spacial score (nSPS) is 10.6. The molecule has 1 N–H and O–H groups in total. The van der Waals surface area contributed by atoms with Gasteiger partial charge in [-0.1, -0.05) is 26.0 Å². The highest BCUT2D eigenvalue weighted by Crippen LogP contribution is 2.14. The number of rotatable bonds is 7. The molecule has 17 heavy (non-hydrogen) atoms. The van der Waals surface area contributed by atoms with Crippen LogP contribution in [0, 0.1) is 0 Å². The van der Waals surface area contributed by atoms with Gasteiger partial charge >= 0.3 is 0 Å². The van der Waals surface area contributed by atoms with Crippen molar-refractivity contribution in [1.29, 1.82) is 0 Å². The second-order valence-corrected chi connectivity index (χ2v) is 4.37. The van der Waals surface area contributed by atoms with E-state index in [1.165, 1.54) is 0 Å². The van der Waals surface area contributed by atoms with E-state index in [4.69, 9.17) is 4.74 Å². The third kappa shape index (κ3) is 5.00. The zero-order valence-electron chi connectivity index (χ0n) is 10.8. The van der Waals surface area contributed by atoms with Crippen LogP contribution >= 0.6 is 0 Å². The molecule has 0 aliphatic rings. The minimum absolute atomic E-state index is 0.175. The van der Waals surface area contributed by atoms with Gasteiger partial charge in [-0.3, -0.25) is 4.79 Å². The third-order valence-electron chi connectivity index (χ3n) is 2.52. The fraction of sp³-hybridized carbons (Fsp3) is 0.500. The van der Waals surface area contributed by atoms with E-state index in [-0.39, 0.29) is 5.78 Å². The number of hydrogen-bond acceptors (Lipinski definition) is 3. The summed E-state index contributed by atoms with van der Waals surface area (Å²) in [5, 5.41) is 3.30. The molecular weight excluding hydrogens is 214 g/mol. The zero-order chi connectivity index (χ0) is 12.7. The summed E-state index contributed by atoms with van der Waals surface area (Å²) in [6.45, 7) is 5.08. The topological polar surface area (TPSA) is 38.3 Å². The van der Waals surface area contributed by atoms with Gasteiger partial charge < -0.3 is 10.1 Å². The van der Waals surface area contributed by atoms with Crippen LogP contribution in [0.15, 0.2) is 24.3 Å². The molecule has 0 unspecified atom stereocenters. The lowest BCUT2D eigenvalue weighted by atomic mass is 10.1. The molecule has 0 spiro atoms. The van der Waals surface area contributed by atoms with Gasteiger partial charge in [-0.15, -0.1) is 0 Å². The minimum Gasteiger partial charge on any atom is -0.497 e. The maximum atomic E-state index is 11.9. The first-order valence-corrected chi connectivity index (χ1v) is 6.04. The molecule has 3 heteroatoms. The van der Waals surface area contributed by atoms with Crippen LogP contribution in [0.1, 0.15) is 37.0 Å². The van der Waals surface area contributed by atoms with Gasteiger partial charge in [0.1, 0.15) is 5.75 Å². The highest BCUT2D eigenvalue weighted by atomic mass is 16.5. The lowest BCUT2D eigenvalue weighted by Gasteiger charge is -2.07. The fourth-order valence-corrected chi connectivity index (χ4v) is 1.58. The Labute approximate surface area is 103 Å². The van der Waals surface area contributed by atoms with Crippen molar-refractivity contribution in [3.8, 4) is 5.75 Å². The monoisotopic (exact) mass is 235 g/mol. The van der Waals surface area contributed by atoms with Crippen LogP contribution in [0.3, 0.4) is 0 Å². The van der Waals surface area contributed by atoms with E-state index in [1.807, 2.05) is 18.2 Å². The van der Waals surface area contributed by atoms with E-state index in [9.17, 15) is 4.79 Å². The standard InChI is InChI=1S/C14H21NO2/c1-11(2)15-9-5-8-14(16)12-6-4-7-13(10-12)17-3/h4,6-7,10-11,15H,5,8-9H2,1-3H3. The van der Waals surface area contributed by atoms with Crippen LogP contribution in [0.25, 0.3) is 0 Å². The lowest BCUT2D eigenvalue weighted by Crippen LogP contribution is -2.24. The van der Waals surface area contributed by atoms with E-state index in [2.05, 4.69) is 19.2 Å². The SMILES string of the molecule is COc1cccc(C(=O)CCCNC(C)C)c1. The first-order valence-electron chi connectivity index (χ1n) is 6.04. The van der Waals surface area contributed by atoms with Crippen LogP contribution in [0.5, 0.6) is 5.75 Å². The van der Waals surface area contributed by atoms with Crippen LogP contribution in [-0.2, 0) is 0 Å². The maximum Gasteiger partial charge on any atom is 0.163 e.